The van der Waals surface area contributed by atoms with E-state index in [4.69, 9.17) is 10.5 Å². The van der Waals surface area contributed by atoms with E-state index in [0.29, 0.717) is 24.7 Å². The quantitative estimate of drug-likeness (QED) is 0.845. The Kier molecular flexibility index (Phi) is 4.04. The second-order valence-electron chi connectivity index (χ2n) is 5.49. The van der Waals surface area contributed by atoms with Gasteiger partial charge in [-0.1, -0.05) is 0 Å². The first-order chi connectivity index (χ1) is 9.41. The van der Waals surface area contributed by atoms with Crippen molar-refractivity contribution in [2.24, 2.45) is 0 Å². The van der Waals surface area contributed by atoms with Crippen molar-refractivity contribution in [1.29, 1.82) is 0 Å². The van der Waals surface area contributed by atoms with Gasteiger partial charge in [0.25, 0.3) is 0 Å². The van der Waals surface area contributed by atoms with Crippen LogP contribution in [0.5, 0.6) is 0 Å². The largest absolute Gasteiger partial charge is 0.399 e. The molecule has 1 heterocycles. The molecule has 2 N–H and O–H groups in total. The van der Waals surface area contributed by atoms with E-state index in [1.54, 1.807) is 4.68 Å². The Morgan fingerprint density at radius 3 is 2.70 bits per heavy atom. The van der Waals surface area contributed by atoms with Crippen LogP contribution >= 0.6 is 0 Å². The van der Waals surface area contributed by atoms with E-state index in [9.17, 15) is 0 Å². The van der Waals surface area contributed by atoms with Crippen molar-refractivity contribution in [3.05, 3.63) is 23.8 Å². The number of nitrogen functional groups attached to an aromatic ring is 1. The number of benzene rings is 1. The van der Waals surface area contributed by atoms with E-state index in [-0.39, 0.29) is 5.60 Å². The molecule has 0 saturated heterocycles. The van der Waals surface area contributed by atoms with E-state index >= 15 is 0 Å². The van der Waals surface area contributed by atoms with Gasteiger partial charge in [-0.2, -0.15) is 0 Å². The summed E-state index contributed by atoms with van der Waals surface area (Å²) in [6.07, 6.45) is 0. The zero-order valence-corrected chi connectivity index (χ0v) is 12.4. The Morgan fingerprint density at radius 2 is 2.05 bits per heavy atom. The zero-order chi connectivity index (χ0) is 14.8. The summed E-state index contributed by atoms with van der Waals surface area (Å²) in [7, 11) is 0. The van der Waals surface area contributed by atoms with Gasteiger partial charge < -0.3 is 10.5 Å². The second-order valence-corrected chi connectivity index (χ2v) is 5.49. The molecule has 0 saturated carbocycles. The monoisotopic (exact) mass is 275 g/mol. The minimum Gasteiger partial charge on any atom is -0.399 e. The molecule has 0 aliphatic heterocycles. The molecule has 0 fully saturated rings. The summed E-state index contributed by atoms with van der Waals surface area (Å²) in [4.78, 5) is 0. The van der Waals surface area contributed by atoms with E-state index in [1.807, 2.05) is 45.9 Å². The molecule has 0 bridgehead atoms. The Bertz CT molecular complexity index is 571. The lowest BCUT2D eigenvalue weighted by atomic mass is 10.1. The minimum absolute atomic E-state index is 0.325. The third-order valence-corrected chi connectivity index (χ3v) is 2.96. The van der Waals surface area contributed by atoms with Gasteiger partial charge in [-0.25, -0.2) is 4.68 Å². The molecule has 0 atom stereocenters. The van der Waals surface area contributed by atoms with Crippen LogP contribution < -0.4 is 5.73 Å². The maximum Gasteiger partial charge on any atom is 0.182 e. The van der Waals surface area contributed by atoms with Gasteiger partial charge in [-0.15, -0.1) is 5.10 Å². The molecule has 2 rings (SSSR count). The predicted molar refractivity (Wildman–Crippen MR) is 78.1 cm³/mol. The number of aromatic nitrogens is 4. The molecule has 0 spiro atoms. The third-order valence-electron chi connectivity index (χ3n) is 2.96. The molecule has 108 valence electrons. The molecule has 0 aliphatic rings. The molecule has 1 aromatic carbocycles. The molecule has 1 aromatic heterocycles. The molecule has 0 amide bonds. The Balaban J connectivity index is 2.33. The summed E-state index contributed by atoms with van der Waals surface area (Å²) in [6, 6.07) is 5.82. The Labute approximate surface area is 118 Å². The SMILES string of the molecule is CCOC(C)(C)Cn1nnnc1-c1cc(C)cc(N)c1. The molecular weight excluding hydrogens is 254 g/mol. The molecule has 20 heavy (non-hydrogen) atoms. The number of tetrazole rings is 1. The van der Waals surface area contributed by atoms with E-state index < -0.39 is 0 Å². The van der Waals surface area contributed by atoms with Gasteiger partial charge in [0.15, 0.2) is 5.82 Å². The highest BCUT2D eigenvalue weighted by molar-refractivity contribution is 5.62. The van der Waals surface area contributed by atoms with Gasteiger partial charge in [0.05, 0.1) is 12.1 Å². The normalized spacial score (nSPS) is 11.8. The standard InChI is InChI=1S/C14H21N5O/c1-5-20-14(3,4)9-19-13(16-17-18-19)11-6-10(2)7-12(15)8-11/h6-8H,5,9,15H2,1-4H3. The van der Waals surface area contributed by atoms with Gasteiger partial charge in [0, 0.05) is 17.9 Å². The van der Waals surface area contributed by atoms with Crippen molar-refractivity contribution < 1.29 is 4.74 Å². The number of rotatable bonds is 5. The van der Waals surface area contributed by atoms with Crippen molar-refractivity contribution >= 4 is 5.69 Å². The molecule has 0 aliphatic carbocycles. The van der Waals surface area contributed by atoms with E-state index in [2.05, 4.69) is 15.5 Å². The summed E-state index contributed by atoms with van der Waals surface area (Å²) < 4.78 is 7.45. The molecule has 0 unspecified atom stereocenters. The van der Waals surface area contributed by atoms with Gasteiger partial charge in [0.2, 0.25) is 0 Å². The maximum atomic E-state index is 5.89. The van der Waals surface area contributed by atoms with Crippen LogP contribution in [0.2, 0.25) is 0 Å². The average Bonchev–Trinajstić information content (AvgIpc) is 2.74. The van der Waals surface area contributed by atoms with Crippen LogP contribution in [0.15, 0.2) is 18.2 Å². The van der Waals surface area contributed by atoms with Crippen LogP contribution in [0.4, 0.5) is 5.69 Å². The van der Waals surface area contributed by atoms with Gasteiger partial charge in [0.1, 0.15) is 0 Å². The highest BCUT2D eigenvalue weighted by Gasteiger charge is 2.22. The molecular formula is C14H21N5O. The number of hydrogen-bond donors (Lipinski definition) is 1. The zero-order valence-electron chi connectivity index (χ0n) is 12.4. The average molecular weight is 275 g/mol. The van der Waals surface area contributed by atoms with Crippen molar-refractivity contribution in [2.75, 3.05) is 12.3 Å². The van der Waals surface area contributed by atoms with Crippen LogP contribution in [-0.4, -0.2) is 32.4 Å². The van der Waals surface area contributed by atoms with Gasteiger partial charge >= 0.3 is 0 Å². The van der Waals surface area contributed by atoms with Crippen LogP contribution in [-0.2, 0) is 11.3 Å². The first-order valence-electron chi connectivity index (χ1n) is 6.69. The lowest BCUT2D eigenvalue weighted by molar-refractivity contribution is -0.0246. The molecule has 2 aromatic rings. The van der Waals surface area contributed by atoms with Crippen LogP contribution in [0.1, 0.15) is 26.3 Å². The van der Waals surface area contributed by atoms with Crippen molar-refractivity contribution in [3.8, 4) is 11.4 Å². The maximum absolute atomic E-state index is 5.89. The lowest BCUT2D eigenvalue weighted by Gasteiger charge is -2.24. The summed E-state index contributed by atoms with van der Waals surface area (Å²) in [6.45, 7) is 9.25. The van der Waals surface area contributed by atoms with Crippen LogP contribution in [0.3, 0.4) is 0 Å². The number of nitrogens with zero attached hydrogens (tertiary/aromatic N) is 4. The fraction of sp³-hybridized carbons (Fsp3) is 0.500. The minimum atomic E-state index is -0.325. The van der Waals surface area contributed by atoms with E-state index in [1.165, 1.54) is 0 Å². The van der Waals surface area contributed by atoms with Crippen molar-refractivity contribution in [2.45, 2.75) is 39.8 Å². The summed E-state index contributed by atoms with van der Waals surface area (Å²) in [5.74, 6) is 0.702. The van der Waals surface area contributed by atoms with Crippen LogP contribution in [0, 0.1) is 6.92 Å². The fourth-order valence-electron chi connectivity index (χ4n) is 2.26. The third kappa shape index (κ3) is 3.33. The van der Waals surface area contributed by atoms with Gasteiger partial charge in [-0.05, 0) is 61.9 Å². The van der Waals surface area contributed by atoms with Crippen molar-refractivity contribution in [1.82, 2.24) is 20.2 Å². The topological polar surface area (TPSA) is 78.8 Å². The molecule has 0 radical (unpaired) electrons. The number of hydrogen-bond acceptors (Lipinski definition) is 5. The summed E-state index contributed by atoms with van der Waals surface area (Å²) in [5, 5.41) is 11.9. The van der Waals surface area contributed by atoms with E-state index in [0.717, 1.165) is 11.1 Å². The summed E-state index contributed by atoms with van der Waals surface area (Å²) >= 11 is 0. The number of nitrogens with two attached hydrogens (primary N) is 1. The second kappa shape index (κ2) is 5.58. The Hall–Kier alpha value is -1.95. The summed E-state index contributed by atoms with van der Waals surface area (Å²) in [5.41, 5.74) is 8.27. The number of aryl methyl sites for hydroxylation is 1. The highest BCUT2D eigenvalue weighted by atomic mass is 16.5. The first-order valence-corrected chi connectivity index (χ1v) is 6.69. The smallest absolute Gasteiger partial charge is 0.182 e. The Morgan fingerprint density at radius 1 is 1.30 bits per heavy atom. The predicted octanol–water partition coefficient (Wildman–Crippen LogP) is 2.05. The first kappa shape index (κ1) is 14.5. The fourth-order valence-corrected chi connectivity index (χ4v) is 2.26. The highest BCUT2D eigenvalue weighted by Crippen LogP contribution is 2.22. The van der Waals surface area contributed by atoms with Gasteiger partial charge in [-0.3, -0.25) is 0 Å². The molecule has 6 heteroatoms. The number of anilines is 1. The number of ether oxygens (including phenoxy) is 1. The van der Waals surface area contributed by atoms with Crippen LogP contribution in [0.25, 0.3) is 11.4 Å². The lowest BCUT2D eigenvalue weighted by Crippen LogP contribution is -2.31. The molecule has 6 nitrogen and oxygen atoms in total. The van der Waals surface area contributed by atoms with Crippen molar-refractivity contribution in [3.63, 3.8) is 0 Å².